The van der Waals surface area contributed by atoms with Gasteiger partial charge in [-0.2, -0.15) is 0 Å². The Labute approximate surface area is 166 Å². The number of imide groups is 1. The SMILES string of the molecule is Cn1c(C2CCCN2CCN2C(=O)NC3(CCCC3)C2=O)nc2c1CCCC2. The van der Waals surface area contributed by atoms with Gasteiger partial charge in [0.05, 0.1) is 11.7 Å². The molecular weight excluding hydrogens is 354 g/mol. The van der Waals surface area contributed by atoms with Crippen molar-refractivity contribution >= 4 is 11.9 Å². The predicted molar refractivity (Wildman–Crippen MR) is 105 cm³/mol. The highest BCUT2D eigenvalue weighted by Gasteiger charge is 2.52. The molecule has 1 saturated carbocycles. The Morgan fingerprint density at radius 1 is 1.07 bits per heavy atom. The second-order valence-corrected chi connectivity index (χ2v) is 9.00. The van der Waals surface area contributed by atoms with E-state index in [0.29, 0.717) is 12.6 Å². The van der Waals surface area contributed by atoms with Crippen LogP contribution in [-0.4, -0.2) is 56.5 Å². The summed E-state index contributed by atoms with van der Waals surface area (Å²) in [6, 6.07) is 0.104. The molecule has 3 heterocycles. The van der Waals surface area contributed by atoms with Gasteiger partial charge in [0.1, 0.15) is 11.4 Å². The molecule has 3 amide bonds. The molecule has 0 bridgehead atoms. The third kappa shape index (κ3) is 2.78. The van der Waals surface area contributed by atoms with Crippen molar-refractivity contribution < 1.29 is 9.59 Å². The van der Waals surface area contributed by atoms with Crippen molar-refractivity contribution in [2.45, 2.75) is 75.8 Å². The zero-order valence-corrected chi connectivity index (χ0v) is 16.9. The van der Waals surface area contributed by atoms with Gasteiger partial charge in [0.15, 0.2) is 0 Å². The van der Waals surface area contributed by atoms with E-state index in [2.05, 4.69) is 21.8 Å². The number of nitrogens with zero attached hydrogens (tertiary/aromatic N) is 4. The van der Waals surface area contributed by atoms with Crippen LogP contribution in [0.25, 0.3) is 0 Å². The van der Waals surface area contributed by atoms with E-state index in [1.54, 1.807) is 0 Å². The van der Waals surface area contributed by atoms with Gasteiger partial charge >= 0.3 is 6.03 Å². The maximum Gasteiger partial charge on any atom is 0.325 e. The number of imidazole rings is 1. The first-order chi connectivity index (χ1) is 13.6. The summed E-state index contributed by atoms with van der Waals surface area (Å²) in [4.78, 5) is 34.2. The van der Waals surface area contributed by atoms with E-state index < -0.39 is 5.54 Å². The molecule has 1 aromatic heterocycles. The van der Waals surface area contributed by atoms with Gasteiger partial charge in [-0.15, -0.1) is 0 Å². The smallest absolute Gasteiger partial charge is 0.325 e. The van der Waals surface area contributed by atoms with Crippen LogP contribution in [0.3, 0.4) is 0 Å². The molecule has 1 spiro atoms. The highest BCUT2D eigenvalue weighted by Crippen LogP contribution is 2.36. The largest absolute Gasteiger partial charge is 0.334 e. The summed E-state index contributed by atoms with van der Waals surface area (Å²) in [6.45, 7) is 2.22. The fourth-order valence-corrected chi connectivity index (χ4v) is 5.82. The highest BCUT2D eigenvalue weighted by atomic mass is 16.2. The van der Waals surface area contributed by atoms with E-state index in [1.807, 2.05) is 0 Å². The molecule has 2 aliphatic heterocycles. The van der Waals surface area contributed by atoms with Crippen LogP contribution in [-0.2, 0) is 24.7 Å². The topological polar surface area (TPSA) is 70.5 Å². The first-order valence-electron chi connectivity index (χ1n) is 11.0. The lowest BCUT2D eigenvalue weighted by atomic mass is 9.98. The Morgan fingerprint density at radius 2 is 1.86 bits per heavy atom. The number of urea groups is 1. The molecule has 5 rings (SSSR count). The molecule has 4 aliphatic rings. The third-order valence-corrected chi connectivity index (χ3v) is 7.38. The van der Waals surface area contributed by atoms with E-state index >= 15 is 0 Å². The monoisotopic (exact) mass is 385 g/mol. The summed E-state index contributed by atoms with van der Waals surface area (Å²) in [6.07, 6.45) is 10.6. The zero-order valence-electron chi connectivity index (χ0n) is 16.9. The molecule has 0 aromatic carbocycles. The van der Waals surface area contributed by atoms with Crippen LogP contribution in [0.5, 0.6) is 0 Å². The maximum atomic E-state index is 12.9. The van der Waals surface area contributed by atoms with Gasteiger partial charge in [-0.1, -0.05) is 12.8 Å². The van der Waals surface area contributed by atoms with Gasteiger partial charge in [0.2, 0.25) is 0 Å². The lowest BCUT2D eigenvalue weighted by Gasteiger charge is -2.26. The Morgan fingerprint density at radius 3 is 2.64 bits per heavy atom. The molecule has 7 nitrogen and oxygen atoms in total. The number of aryl methyl sites for hydroxylation is 1. The second kappa shape index (κ2) is 6.87. The Hall–Kier alpha value is -1.89. The van der Waals surface area contributed by atoms with E-state index in [1.165, 1.54) is 35.0 Å². The number of fused-ring (bicyclic) bond motifs is 1. The molecule has 152 valence electrons. The number of hydrogen-bond acceptors (Lipinski definition) is 4. The van der Waals surface area contributed by atoms with Crippen molar-refractivity contribution in [1.82, 2.24) is 24.7 Å². The van der Waals surface area contributed by atoms with Gasteiger partial charge in [-0.3, -0.25) is 14.6 Å². The van der Waals surface area contributed by atoms with Gasteiger partial charge in [-0.05, 0) is 57.9 Å². The van der Waals surface area contributed by atoms with Crippen LogP contribution in [0.1, 0.15) is 74.6 Å². The van der Waals surface area contributed by atoms with Crippen LogP contribution in [0.15, 0.2) is 0 Å². The van der Waals surface area contributed by atoms with Crippen LogP contribution < -0.4 is 5.32 Å². The minimum Gasteiger partial charge on any atom is -0.334 e. The van der Waals surface area contributed by atoms with E-state index in [0.717, 1.165) is 64.5 Å². The van der Waals surface area contributed by atoms with Gasteiger partial charge in [0.25, 0.3) is 5.91 Å². The predicted octanol–water partition coefficient (Wildman–Crippen LogP) is 2.30. The fourth-order valence-electron chi connectivity index (χ4n) is 5.82. The minimum absolute atomic E-state index is 0.00166. The van der Waals surface area contributed by atoms with Crippen molar-refractivity contribution in [3.05, 3.63) is 17.2 Å². The van der Waals surface area contributed by atoms with Crippen molar-refractivity contribution in [2.75, 3.05) is 19.6 Å². The van der Waals surface area contributed by atoms with Gasteiger partial charge < -0.3 is 9.88 Å². The second-order valence-electron chi connectivity index (χ2n) is 9.00. The molecule has 28 heavy (non-hydrogen) atoms. The van der Waals surface area contributed by atoms with Crippen molar-refractivity contribution in [1.29, 1.82) is 0 Å². The third-order valence-electron chi connectivity index (χ3n) is 7.38. The first kappa shape index (κ1) is 18.2. The fraction of sp³-hybridized carbons (Fsp3) is 0.762. The molecule has 2 aliphatic carbocycles. The number of carbonyl (C=O) groups is 2. The molecule has 1 atom stereocenters. The molecule has 2 saturated heterocycles. The van der Waals surface area contributed by atoms with Crippen molar-refractivity contribution in [2.24, 2.45) is 7.05 Å². The van der Waals surface area contributed by atoms with Crippen LogP contribution in [0.2, 0.25) is 0 Å². The average Bonchev–Trinajstić information content (AvgIpc) is 3.45. The standard InChI is InChI=1S/C21H31N5O2/c1-24-16-8-3-2-7-15(16)22-18(24)17-9-6-12-25(17)13-14-26-19(27)21(23-20(26)28)10-4-5-11-21/h17H,2-14H2,1H3,(H,23,28). The normalized spacial score (nSPS) is 27.0. The molecular formula is C21H31N5O2. The van der Waals surface area contributed by atoms with E-state index in [9.17, 15) is 9.59 Å². The lowest BCUT2D eigenvalue weighted by Crippen LogP contribution is -2.44. The quantitative estimate of drug-likeness (QED) is 0.808. The van der Waals surface area contributed by atoms with Crippen LogP contribution >= 0.6 is 0 Å². The zero-order chi connectivity index (χ0) is 19.3. The summed E-state index contributed by atoms with van der Waals surface area (Å²) >= 11 is 0. The summed E-state index contributed by atoms with van der Waals surface area (Å²) in [7, 11) is 2.16. The molecule has 3 fully saturated rings. The summed E-state index contributed by atoms with van der Waals surface area (Å²) in [5.41, 5.74) is 2.10. The van der Waals surface area contributed by atoms with Crippen molar-refractivity contribution in [3.8, 4) is 0 Å². The average molecular weight is 386 g/mol. The number of rotatable bonds is 4. The van der Waals surface area contributed by atoms with Gasteiger partial charge in [-0.25, -0.2) is 9.78 Å². The lowest BCUT2D eigenvalue weighted by molar-refractivity contribution is -0.131. The minimum atomic E-state index is -0.597. The van der Waals surface area contributed by atoms with Crippen LogP contribution in [0, 0.1) is 0 Å². The molecule has 0 radical (unpaired) electrons. The van der Waals surface area contributed by atoms with E-state index in [4.69, 9.17) is 4.98 Å². The Balaban J connectivity index is 1.29. The summed E-state index contributed by atoms with van der Waals surface area (Å²) in [5.74, 6) is 1.17. The number of carbonyl (C=O) groups excluding carboxylic acids is 2. The first-order valence-corrected chi connectivity index (χ1v) is 11.0. The molecule has 1 aromatic rings. The van der Waals surface area contributed by atoms with Crippen LogP contribution in [0.4, 0.5) is 4.79 Å². The Bertz CT molecular complexity index is 795. The molecule has 7 heteroatoms. The summed E-state index contributed by atoms with van der Waals surface area (Å²) in [5, 5.41) is 2.99. The number of likely N-dealkylation sites (tertiary alicyclic amines) is 1. The number of aromatic nitrogens is 2. The summed E-state index contributed by atoms with van der Waals surface area (Å²) < 4.78 is 2.32. The maximum absolute atomic E-state index is 12.9. The highest BCUT2D eigenvalue weighted by molar-refractivity contribution is 6.07. The van der Waals surface area contributed by atoms with Crippen molar-refractivity contribution in [3.63, 3.8) is 0 Å². The number of hydrogen-bond donors (Lipinski definition) is 1. The molecule has 1 unspecified atom stereocenters. The number of nitrogens with one attached hydrogen (secondary N) is 1. The van der Waals surface area contributed by atoms with E-state index in [-0.39, 0.29) is 11.9 Å². The molecule has 1 N–H and O–H groups in total. The van der Waals surface area contributed by atoms with Gasteiger partial charge in [0, 0.05) is 25.8 Å². The Kier molecular flexibility index (Phi) is 4.45. The number of amides is 3.